The van der Waals surface area contributed by atoms with E-state index in [4.69, 9.17) is 21.1 Å². The highest BCUT2D eigenvalue weighted by Crippen LogP contribution is 2.30. The van der Waals surface area contributed by atoms with E-state index in [-0.39, 0.29) is 24.8 Å². The number of nitrogens with one attached hydrogen (secondary N) is 1. The lowest BCUT2D eigenvalue weighted by molar-refractivity contribution is -0.141. The minimum absolute atomic E-state index is 0.0947. The molecule has 0 saturated heterocycles. The van der Waals surface area contributed by atoms with Crippen molar-refractivity contribution in [1.29, 1.82) is 0 Å². The zero-order valence-corrected chi connectivity index (χ0v) is 24.0. The van der Waals surface area contributed by atoms with E-state index in [2.05, 4.69) is 11.4 Å². The quantitative estimate of drug-likeness (QED) is 0.251. The monoisotopic (exact) mass is 560 g/mol. The summed E-state index contributed by atoms with van der Waals surface area (Å²) in [6.45, 7) is 0.786. The normalized spacial score (nSPS) is 13.6. The van der Waals surface area contributed by atoms with Crippen molar-refractivity contribution in [3.05, 3.63) is 106 Å². The molecule has 1 N–H and O–H groups in total. The number of carbonyl (C=O) groups excluding carboxylic acids is 2. The number of halogens is 1. The van der Waals surface area contributed by atoms with Gasteiger partial charge in [0.05, 0.1) is 20.6 Å². The van der Waals surface area contributed by atoms with Crippen molar-refractivity contribution < 1.29 is 19.1 Å². The van der Waals surface area contributed by atoms with Crippen molar-refractivity contribution in [2.45, 2.75) is 51.1 Å². The van der Waals surface area contributed by atoms with Crippen LogP contribution < -0.4 is 14.8 Å². The molecule has 40 heavy (non-hydrogen) atoms. The third kappa shape index (κ3) is 7.89. The molecule has 3 aromatic carbocycles. The highest BCUT2D eigenvalue weighted by molar-refractivity contribution is 6.30. The molecule has 0 spiro atoms. The Hall–Kier alpha value is -3.77. The maximum atomic E-state index is 14.0. The second kappa shape index (κ2) is 14.6. The number of benzene rings is 3. The SMILES string of the molecule is COc1ccc(CC(=O)N(Cc2ccc(Cl)cc2)[C@@H](C(=O)NCCC2=CCCCC2)c2ccccc2)cc1OC. The van der Waals surface area contributed by atoms with Crippen LogP contribution in [-0.4, -0.2) is 37.5 Å². The lowest BCUT2D eigenvalue weighted by Gasteiger charge is -2.32. The Balaban J connectivity index is 1.63. The number of amides is 2. The first-order chi connectivity index (χ1) is 19.5. The van der Waals surface area contributed by atoms with E-state index in [1.807, 2.05) is 48.5 Å². The average Bonchev–Trinajstić information content (AvgIpc) is 2.99. The number of allylic oxidation sites excluding steroid dienone is 1. The van der Waals surface area contributed by atoms with Crippen molar-refractivity contribution in [3.8, 4) is 11.5 Å². The molecule has 0 unspecified atom stereocenters. The summed E-state index contributed by atoms with van der Waals surface area (Å²) in [5, 5.41) is 3.74. The number of nitrogens with zero attached hydrogens (tertiary/aromatic N) is 1. The predicted molar refractivity (Wildman–Crippen MR) is 159 cm³/mol. The smallest absolute Gasteiger partial charge is 0.247 e. The molecule has 210 valence electrons. The fourth-order valence-corrected chi connectivity index (χ4v) is 5.19. The fraction of sp³-hybridized carbons (Fsp3) is 0.333. The maximum absolute atomic E-state index is 14.0. The van der Waals surface area contributed by atoms with Gasteiger partial charge in [-0.3, -0.25) is 9.59 Å². The minimum Gasteiger partial charge on any atom is -0.493 e. The highest BCUT2D eigenvalue weighted by atomic mass is 35.5. The first kappa shape index (κ1) is 29.2. The molecule has 1 aliphatic carbocycles. The van der Waals surface area contributed by atoms with Gasteiger partial charge in [-0.05, 0) is 73.1 Å². The van der Waals surface area contributed by atoms with Crippen molar-refractivity contribution in [2.75, 3.05) is 20.8 Å². The van der Waals surface area contributed by atoms with Gasteiger partial charge in [0.15, 0.2) is 11.5 Å². The van der Waals surface area contributed by atoms with Crippen molar-refractivity contribution >= 4 is 23.4 Å². The van der Waals surface area contributed by atoms with Crippen LogP contribution in [0.25, 0.3) is 0 Å². The molecule has 2 amide bonds. The first-order valence-electron chi connectivity index (χ1n) is 13.7. The third-order valence-electron chi connectivity index (χ3n) is 7.20. The van der Waals surface area contributed by atoms with Gasteiger partial charge in [-0.25, -0.2) is 0 Å². The zero-order valence-electron chi connectivity index (χ0n) is 23.2. The fourth-order valence-electron chi connectivity index (χ4n) is 5.06. The van der Waals surface area contributed by atoms with Gasteiger partial charge >= 0.3 is 0 Å². The van der Waals surface area contributed by atoms with Crippen LogP contribution in [0.2, 0.25) is 5.02 Å². The molecule has 0 saturated carbocycles. The van der Waals surface area contributed by atoms with E-state index >= 15 is 0 Å². The van der Waals surface area contributed by atoms with Gasteiger partial charge in [-0.2, -0.15) is 0 Å². The molecule has 7 heteroatoms. The second-order valence-electron chi connectivity index (χ2n) is 9.98. The Morgan fingerprint density at radius 2 is 1.65 bits per heavy atom. The van der Waals surface area contributed by atoms with Gasteiger partial charge in [0, 0.05) is 18.1 Å². The van der Waals surface area contributed by atoms with E-state index in [0.29, 0.717) is 23.1 Å². The maximum Gasteiger partial charge on any atom is 0.247 e. The molecular weight excluding hydrogens is 524 g/mol. The van der Waals surface area contributed by atoms with Crippen LogP contribution >= 0.6 is 11.6 Å². The highest BCUT2D eigenvalue weighted by Gasteiger charge is 2.31. The number of methoxy groups -OCH3 is 2. The topological polar surface area (TPSA) is 67.9 Å². The van der Waals surface area contributed by atoms with Gasteiger partial charge in [0.25, 0.3) is 0 Å². The Kier molecular flexibility index (Phi) is 10.6. The number of rotatable bonds is 12. The summed E-state index contributed by atoms with van der Waals surface area (Å²) >= 11 is 6.13. The Labute approximate surface area is 241 Å². The predicted octanol–water partition coefficient (Wildman–Crippen LogP) is 6.68. The lowest BCUT2D eigenvalue weighted by atomic mass is 9.97. The van der Waals surface area contributed by atoms with E-state index in [1.165, 1.54) is 18.4 Å². The van der Waals surface area contributed by atoms with Crippen molar-refractivity contribution in [3.63, 3.8) is 0 Å². The largest absolute Gasteiger partial charge is 0.493 e. The zero-order chi connectivity index (χ0) is 28.3. The van der Waals surface area contributed by atoms with Crippen LogP contribution in [-0.2, 0) is 22.6 Å². The van der Waals surface area contributed by atoms with Crippen LogP contribution in [0.5, 0.6) is 11.5 Å². The van der Waals surface area contributed by atoms with E-state index in [1.54, 1.807) is 43.4 Å². The summed E-state index contributed by atoms with van der Waals surface area (Å²) in [6.07, 6.45) is 7.84. The number of hydrogen-bond acceptors (Lipinski definition) is 4. The van der Waals surface area contributed by atoms with Crippen molar-refractivity contribution in [1.82, 2.24) is 10.2 Å². The molecule has 0 radical (unpaired) electrons. The number of ether oxygens (including phenoxy) is 2. The van der Waals surface area contributed by atoms with Crippen LogP contribution in [0.15, 0.2) is 84.4 Å². The van der Waals surface area contributed by atoms with Gasteiger partial charge in [0.1, 0.15) is 6.04 Å². The van der Waals surface area contributed by atoms with Gasteiger partial charge in [-0.1, -0.05) is 71.8 Å². The second-order valence-corrected chi connectivity index (χ2v) is 10.4. The summed E-state index contributed by atoms with van der Waals surface area (Å²) in [6, 6.07) is 21.5. The van der Waals surface area contributed by atoms with E-state index in [0.717, 1.165) is 36.0 Å². The van der Waals surface area contributed by atoms with E-state index in [9.17, 15) is 9.59 Å². The number of carbonyl (C=O) groups is 2. The summed E-state index contributed by atoms with van der Waals surface area (Å²) in [5.74, 6) is 0.760. The van der Waals surface area contributed by atoms with Crippen LogP contribution in [0.4, 0.5) is 0 Å². The Morgan fingerprint density at radius 1 is 0.925 bits per heavy atom. The lowest BCUT2D eigenvalue weighted by Crippen LogP contribution is -2.44. The summed E-state index contributed by atoms with van der Waals surface area (Å²) in [4.78, 5) is 29.5. The number of hydrogen-bond donors (Lipinski definition) is 1. The van der Waals surface area contributed by atoms with Gasteiger partial charge in [0.2, 0.25) is 11.8 Å². The molecule has 0 fully saturated rings. The molecule has 3 aromatic rings. The van der Waals surface area contributed by atoms with Gasteiger partial charge < -0.3 is 19.7 Å². The molecule has 1 atom stereocenters. The molecular formula is C33H37ClN2O4. The molecule has 0 heterocycles. The molecule has 1 aliphatic rings. The Morgan fingerprint density at radius 3 is 2.33 bits per heavy atom. The molecule has 0 aliphatic heterocycles. The molecule has 0 bridgehead atoms. The van der Waals surface area contributed by atoms with Crippen molar-refractivity contribution in [2.24, 2.45) is 0 Å². The summed E-state index contributed by atoms with van der Waals surface area (Å²) in [5.41, 5.74) is 3.79. The van der Waals surface area contributed by atoms with Crippen LogP contribution in [0.1, 0.15) is 54.8 Å². The Bertz CT molecular complexity index is 1310. The molecule has 4 rings (SSSR count). The third-order valence-corrected chi connectivity index (χ3v) is 7.45. The molecule has 0 aromatic heterocycles. The van der Waals surface area contributed by atoms with Gasteiger partial charge in [-0.15, -0.1) is 0 Å². The van der Waals surface area contributed by atoms with E-state index < -0.39 is 6.04 Å². The van der Waals surface area contributed by atoms with Crippen LogP contribution in [0, 0.1) is 0 Å². The minimum atomic E-state index is -0.801. The first-order valence-corrected chi connectivity index (χ1v) is 14.1. The average molecular weight is 561 g/mol. The summed E-state index contributed by atoms with van der Waals surface area (Å²) < 4.78 is 10.8. The van der Waals surface area contributed by atoms with Crippen LogP contribution in [0.3, 0.4) is 0 Å². The molecule has 6 nitrogen and oxygen atoms in total. The summed E-state index contributed by atoms with van der Waals surface area (Å²) in [7, 11) is 3.14. The standard InChI is InChI=1S/C33H37ClN2O4/c1-39-29-18-15-26(21-30(29)40-2)22-31(37)36(23-25-13-16-28(34)17-14-25)32(27-11-7-4-8-12-27)33(38)35-20-19-24-9-5-3-6-10-24/h4,7-9,11-18,21,32H,3,5-6,10,19-20,22-23H2,1-2H3,(H,35,38)/t32-/m1/s1.